The van der Waals surface area contributed by atoms with E-state index in [1.54, 1.807) is 24.9 Å². The standard InChI is InChI=1S/C12H9N5/c1-2-6-14-11(3-1)12-16-15-9-17(12)10-4-7-13-8-5-10/h1-9H. The average molecular weight is 223 g/mol. The molecule has 0 bridgehead atoms. The lowest BCUT2D eigenvalue weighted by Gasteiger charge is -2.04. The van der Waals surface area contributed by atoms with E-state index in [4.69, 9.17) is 0 Å². The van der Waals surface area contributed by atoms with E-state index < -0.39 is 0 Å². The fourth-order valence-electron chi connectivity index (χ4n) is 1.60. The highest BCUT2D eigenvalue weighted by molar-refractivity contribution is 5.52. The van der Waals surface area contributed by atoms with E-state index in [2.05, 4.69) is 20.2 Å². The lowest BCUT2D eigenvalue weighted by atomic mass is 10.3. The largest absolute Gasteiger partial charge is 0.280 e. The quantitative estimate of drug-likeness (QED) is 0.663. The Bertz CT molecular complexity index is 549. The van der Waals surface area contributed by atoms with E-state index in [1.165, 1.54) is 0 Å². The van der Waals surface area contributed by atoms with Gasteiger partial charge in [0.2, 0.25) is 0 Å². The molecule has 0 aromatic carbocycles. The van der Waals surface area contributed by atoms with Gasteiger partial charge in [0.1, 0.15) is 12.0 Å². The molecule has 5 heteroatoms. The van der Waals surface area contributed by atoms with Gasteiger partial charge in [0.15, 0.2) is 5.82 Å². The van der Waals surface area contributed by atoms with Crippen LogP contribution in [0.4, 0.5) is 0 Å². The number of nitrogens with zero attached hydrogens (tertiary/aromatic N) is 5. The first-order valence-electron chi connectivity index (χ1n) is 5.17. The molecule has 0 aliphatic carbocycles. The van der Waals surface area contributed by atoms with Gasteiger partial charge in [0.05, 0.1) is 5.69 Å². The summed E-state index contributed by atoms with van der Waals surface area (Å²) in [6.07, 6.45) is 6.87. The molecular weight excluding hydrogens is 214 g/mol. The molecule has 3 heterocycles. The summed E-state index contributed by atoms with van der Waals surface area (Å²) in [5.74, 6) is 0.719. The Morgan fingerprint density at radius 1 is 0.941 bits per heavy atom. The summed E-state index contributed by atoms with van der Waals surface area (Å²) in [5, 5.41) is 8.02. The summed E-state index contributed by atoms with van der Waals surface area (Å²) in [6, 6.07) is 9.50. The van der Waals surface area contributed by atoms with Crippen LogP contribution in [0.1, 0.15) is 0 Å². The molecule has 0 saturated carbocycles. The Morgan fingerprint density at radius 3 is 2.59 bits per heavy atom. The summed E-state index contributed by atoms with van der Waals surface area (Å²) < 4.78 is 1.88. The van der Waals surface area contributed by atoms with Crippen molar-refractivity contribution < 1.29 is 0 Å². The summed E-state index contributed by atoms with van der Waals surface area (Å²) >= 11 is 0. The highest BCUT2D eigenvalue weighted by Crippen LogP contribution is 2.17. The van der Waals surface area contributed by atoms with E-state index in [0.29, 0.717) is 0 Å². The average Bonchev–Trinajstić information content (AvgIpc) is 2.90. The lowest BCUT2D eigenvalue weighted by molar-refractivity contribution is 1.04. The van der Waals surface area contributed by atoms with E-state index in [1.807, 2.05) is 34.9 Å². The molecule has 0 aliphatic heterocycles. The molecule has 0 saturated heterocycles. The smallest absolute Gasteiger partial charge is 0.187 e. The maximum absolute atomic E-state index is 4.27. The van der Waals surface area contributed by atoms with Crippen molar-refractivity contribution in [1.29, 1.82) is 0 Å². The van der Waals surface area contributed by atoms with Crippen molar-refractivity contribution in [2.24, 2.45) is 0 Å². The molecule has 0 N–H and O–H groups in total. The molecular formula is C12H9N5. The molecule has 82 valence electrons. The molecule has 3 aromatic heterocycles. The third-order valence-corrected chi connectivity index (χ3v) is 2.38. The van der Waals surface area contributed by atoms with Gasteiger partial charge in [0.25, 0.3) is 0 Å². The summed E-state index contributed by atoms with van der Waals surface area (Å²) in [5.41, 5.74) is 1.76. The number of hydrogen-bond acceptors (Lipinski definition) is 4. The summed E-state index contributed by atoms with van der Waals surface area (Å²) in [6.45, 7) is 0. The fraction of sp³-hybridized carbons (Fsp3) is 0. The summed E-state index contributed by atoms with van der Waals surface area (Å²) in [7, 11) is 0. The van der Waals surface area contributed by atoms with Gasteiger partial charge in [-0.25, -0.2) is 0 Å². The van der Waals surface area contributed by atoms with Crippen LogP contribution in [0.15, 0.2) is 55.2 Å². The van der Waals surface area contributed by atoms with Crippen LogP contribution in [0.25, 0.3) is 17.2 Å². The van der Waals surface area contributed by atoms with Crippen LogP contribution in [0.2, 0.25) is 0 Å². The maximum atomic E-state index is 4.27. The van der Waals surface area contributed by atoms with Gasteiger partial charge in [-0.1, -0.05) is 6.07 Å². The Morgan fingerprint density at radius 2 is 1.82 bits per heavy atom. The van der Waals surface area contributed by atoms with E-state index in [-0.39, 0.29) is 0 Å². The Kier molecular flexibility index (Phi) is 2.34. The van der Waals surface area contributed by atoms with Crippen molar-refractivity contribution in [3.8, 4) is 17.2 Å². The van der Waals surface area contributed by atoms with Crippen LogP contribution in [-0.2, 0) is 0 Å². The fourth-order valence-corrected chi connectivity index (χ4v) is 1.60. The molecule has 0 unspecified atom stereocenters. The van der Waals surface area contributed by atoms with Crippen molar-refractivity contribution in [3.05, 3.63) is 55.2 Å². The van der Waals surface area contributed by atoms with Crippen LogP contribution >= 0.6 is 0 Å². The number of hydrogen-bond donors (Lipinski definition) is 0. The molecule has 3 rings (SSSR count). The molecule has 0 fully saturated rings. The van der Waals surface area contributed by atoms with Gasteiger partial charge in [-0.3, -0.25) is 14.5 Å². The van der Waals surface area contributed by atoms with E-state index in [9.17, 15) is 0 Å². The first-order valence-corrected chi connectivity index (χ1v) is 5.17. The monoisotopic (exact) mass is 223 g/mol. The predicted octanol–water partition coefficient (Wildman–Crippen LogP) is 1.72. The van der Waals surface area contributed by atoms with Gasteiger partial charge in [-0.2, -0.15) is 0 Å². The van der Waals surface area contributed by atoms with Gasteiger partial charge >= 0.3 is 0 Å². The van der Waals surface area contributed by atoms with Crippen LogP contribution in [0, 0.1) is 0 Å². The van der Waals surface area contributed by atoms with Crippen LogP contribution < -0.4 is 0 Å². The zero-order valence-corrected chi connectivity index (χ0v) is 8.93. The molecule has 0 spiro atoms. The molecule has 17 heavy (non-hydrogen) atoms. The lowest BCUT2D eigenvalue weighted by Crippen LogP contribution is -1.97. The van der Waals surface area contributed by atoms with Crippen molar-refractivity contribution >= 4 is 0 Å². The van der Waals surface area contributed by atoms with Gasteiger partial charge < -0.3 is 0 Å². The second kappa shape index (κ2) is 4.13. The molecule has 0 amide bonds. The molecule has 0 aliphatic rings. The van der Waals surface area contributed by atoms with Gasteiger partial charge in [0, 0.05) is 18.6 Å². The Balaban J connectivity index is 2.13. The minimum absolute atomic E-state index is 0.719. The van der Waals surface area contributed by atoms with E-state index in [0.717, 1.165) is 17.2 Å². The topological polar surface area (TPSA) is 56.5 Å². The number of pyridine rings is 2. The number of aromatic nitrogens is 5. The van der Waals surface area contributed by atoms with Crippen molar-refractivity contribution in [1.82, 2.24) is 24.7 Å². The SMILES string of the molecule is c1ccc(-c2nncn2-c2ccncc2)nc1. The third kappa shape index (κ3) is 1.78. The highest BCUT2D eigenvalue weighted by Gasteiger charge is 2.08. The molecule has 0 radical (unpaired) electrons. The highest BCUT2D eigenvalue weighted by atomic mass is 15.3. The Hall–Kier alpha value is -2.56. The van der Waals surface area contributed by atoms with Gasteiger partial charge in [-0.15, -0.1) is 10.2 Å². The Labute approximate surface area is 97.8 Å². The van der Waals surface area contributed by atoms with Crippen molar-refractivity contribution in [2.75, 3.05) is 0 Å². The van der Waals surface area contributed by atoms with Crippen LogP contribution in [0.3, 0.4) is 0 Å². The van der Waals surface area contributed by atoms with Crippen LogP contribution in [-0.4, -0.2) is 24.7 Å². The normalized spacial score (nSPS) is 10.4. The van der Waals surface area contributed by atoms with E-state index >= 15 is 0 Å². The first-order chi connectivity index (χ1) is 8.45. The number of rotatable bonds is 2. The zero-order valence-electron chi connectivity index (χ0n) is 8.93. The third-order valence-electron chi connectivity index (χ3n) is 2.38. The summed E-state index contributed by atoms with van der Waals surface area (Å²) in [4.78, 5) is 8.26. The minimum atomic E-state index is 0.719. The molecule has 3 aromatic rings. The zero-order chi connectivity index (χ0) is 11.5. The predicted molar refractivity (Wildman–Crippen MR) is 62.4 cm³/mol. The first kappa shape index (κ1) is 9.65. The maximum Gasteiger partial charge on any atom is 0.187 e. The minimum Gasteiger partial charge on any atom is -0.280 e. The van der Waals surface area contributed by atoms with Crippen molar-refractivity contribution in [2.45, 2.75) is 0 Å². The van der Waals surface area contributed by atoms with Crippen molar-refractivity contribution in [3.63, 3.8) is 0 Å². The second-order valence-corrected chi connectivity index (χ2v) is 3.44. The second-order valence-electron chi connectivity index (χ2n) is 3.44. The molecule has 0 atom stereocenters. The van der Waals surface area contributed by atoms with Crippen LogP contribution in [0.5, 0.6) is 0 Å². The van der Waals surface area contributed by atoms with Gasteiger partial charge in [-0.05, 0) is 24.3 Å². The molecule has 5 nitrogen and oxygen atoms in total.